The van der Waals surface area contributed by atoms with Crippen LogP contribution in [0.5, 0.6) is 0 Å². The molecule has 0 spiro atoms. The maximum atomic E-state index is 12.3. The van der Waals surface area contributed by atoms with Crippen molar-refractivity contribution in [3.63, 3.8) is 0 Å². The molecule has 1 fully saturated rings. The molecule has 24 heavy (non-hydrogen) atoms. The Bertz CT molecular complexity index is 644. The van der Waals surface area contributed by atoms with Crippen LogP contribution in [0.1, 0.15) is 27.9 Å². The smallest absolute Gasteiger partial charge is 0.305 e. The fourth-order valence-corrected chi connectivity index (χ4v) is 2.60. The van der Waals surface area contributed by atoms with Crippen molar-refractivity contribution in [2.45, 2.75) is 26.3 Å². The summed E-state index contributed by atoms with van der Waals surface area (Å²) in [5.74, 6) is -1.61. The highest BCUT2D eigenvalue weighted by Crippen LogP contribution is 2.12. The molecule has 0 saturated carbocycles. The van der Waals surface area contributed by atoms with Gasteiger partial charge >= 0.3 is 5.97 Å². The van der Waals surface area contributed by atoms with Crippen LogP contribution in [0, 0.1) is 13.8 Å². The number of nitrogens with one attached hydrogen (secondary N) is 1. The lowest BCUT2D eigenvalue weighted by Crippen LogP contribution is -2.52. The summed E-state index contributed by atoms with van der Waals surface area (Å²) >= 11 is 0. The number of benzene rings is 1. The Morgan fingerprint density at radius 3 is 2.71 bits per heavy atom. The number of aliphatic carboxylic acids is 1. The van der Waals surface area contributed by atoms with Gasteiger partial charge in [0.15, 0.2) is 0 Å². The van der Waals surface area contributed by atoms with Gasteiger partial charge in [-0.3, -0.25) is 14.4 Å². The number of amides is 2. The molecule has 0 radical (unpaired) electrons. The predicted octanol–water partition coefficient (Wildman–Crippen LogP) is 0.735. The summed E-state index contributed by atoms with van der Waals surface area (Å²) in [6.07, 6.45) is -0.170. The molecule has 1 unspecified atom stereocenters. The van der Waals surface area contributed by atoms with Crippen LogP contribution in [0.15, 0.2) is 18.2 Å². The lowest BCUT2D eigenvalue weighted by molar-refractivity contribution is -0.145. The van der Waals surface area contributed by atoms with E-state index >= 15 is 0 Å². The summed E-state index contributed by atoms with van der Waals surface area (Å²) < 4.78 is 5.24. The van der Waals surface area contributed by atoms with Crippen LogP contribution in [0.3, 0.4) is 0 Å². The Labute approximate surface area is 140 Å². The quantitative estimate of drug-likeness (QED) is 0.828. The van der Waals surface area contributed by atoms with E-state index in [1.165, 1.54) is 4.90 Å². The Hall–Kier alpha value is -2.41. The molecule has 1 aromatic rings. The van der Waals surface area contributed by atoms with E-state index in [0.29, 0.717) is 18.7 Å². The van der Waals surface area contributed by atoms with E-state index < -0.39 is 12.0 Å². The first-order valence-corrected chi connectivity index (χ1v) is 7.83. The fraction of sp³-hybridized carbons (Fsp3) is 0.471. The summed E-state index contributed by atoms with van der Waals surface area (Å²) in [6.45, 7) is 4.61. The maximum absolute atomic E-state index is 12.3. The topological polar surface area (TPSA) is 95.9 Å². The molecule has 130 valence electrons. The lowest BCUT2D eigenvalue weighted by atomic mass is 10.1. The number of carbonyl (C=O) groups excluding carboxylic acids is 2. The van der Waals surface area contributed by atoms with Crippen molar-refractivity contribution in [2.75, 3.05) is 26.3 Å². The number of carbonyl (C=O) groups is 3. The lowest BCUT2D eigenvalue weighted by Gasteiger charge is -2.34. The van der Waals surface area contributed by atoms with Crippen LogP contribution in [0.25, 0.3) is 0 Å². The monoisotopic (exact) mass is 334 g/mol. The first kappa shape index (κ1) is 17.9. The molecule has 1 heterocycles. The summed E-state index contributed by atoms with van der Waals surface area (Å²) in [5.41, 5.74) is 2.59. The van der Waals surface area contributed by atoms with Gasteiger partial charge in [-0.05, 0) is 37.1 Å². The number of carboxylic acids is 1. The second-order valence-corrected chi connectivity index (χ2v) is 5.90. The minimum atomic E-state index is -0.984. The van der Waals surface area contributed by atoms with Crippen LogP contribution in [-0.4, -0.2) is 60.1 Å². The average Bonchev–Trinajstić information content (AvgIpc) is 2.54. The van der Waals surface area contributed by atoms with E-state index in [1.54, 1.807) is 12.1 Å². The summed E-state index contributed by atoms with van der Waals surface area (Å²) in [5, 5.41) is 11.5. The zero-order valence-electron chi connectivity index (χ0n) is 13.9. The number of ether oxygens (including phenoxy) is 1. The summed E-state index contributed by atoms with van der Waals surface area (Å²) in [4.78, 5) is 36.8. The van der Waals surface area contributed by atoms with E-state index in [1.807, 2.05) is 19.9 Å². The molecule has 1 atom stereocenters. The highest BCUT2D eigenvalue weighted by atomic mass is 16.5. The van der Waals surface area contributed by atoms with Gasteiger partial charge in [0.25, 0.3) is 5.91 Å². The van der Waals surface area contributed by atoms with Crippen molar-refractivity contribution in [1.29, 1.82) is 0 Å². The van der Waals surface area contributed by atoms with Gasteiger partial charge in [-0.15, -0.1) is 0 Å². The molecule has 0 bridgehead atoms. The normalized spacial score (nSPS) is 17.4. The Morgan fingerprint density at radius 2 is 2.04 bits per heavy atom. The van der Waals surface area contributed by atoms with E-state index in [9.17, 15) is 14.4 Å². The van der Waals surface area contributed by atoms with Gasteiger partial charge in [-0.25, -0.2) is 0 Å². The highest BCUT2D eigenvalue weighted by molar-refractivity contribution is 5.96. The number of carboxylic acid groups (broad SMARTS) is 1. The van der Waals surface area contributed by atoms with E-state index in [4.69, 9.17) is 9.84 Å². The maximum Gasteiger partial charge on any atom is 0.305 e. The molecule has 1 aliphatic rings. The molecule has 7 nitrogen and oxygen atoms in total. The largest absolute Gasteiger partial charge is 0.481 e. The molecular weight excluding hydrogens is 312 g/mol. The minimum Gasteiger partial charge on any atom is -0.481 e. The third-order valence-corrected chi connectivity index (χ3v) is 4.13. The van der Waals surface area contributed by atoms with Crippen LogP contribution < -0.4 is 5.32 Å². The van der Waals surface area contributed by atoms with Crippen molar-refractivity contribution in [3.05, 3.63) is 34.9 Å². The van der Waals surface area contributed by atoms with Crippen LogP contribution >= 0.6 is 0 Å². The van der Waals surface area contributed by atoms with E-state index in [2.05, 4.69) is 5.32 Å². The summed E-state index contributed by atoms with van der Waals surface area (Å²) in [6, 6.07) is 4.85. The molecular formula is C17H22N2O5. The molecule has 1 aromatic carbocycles. The minimum absolute atomic E-state index is 0.165. The second kappa shape index (κ2) is 7.92. The number of aryl methyl sites for hydroxylation is 2. The zero-order chi connectivity index (χ0) is 17.7. The van der Waals surface area contributed by atoms with Gasteiger partial charge in [0.2, 0.25) is 5.91 Å². The Kier molecular flexibility index (Phi) is 5.92. The van der Waals surface area contributed by atoms with Crippen molar-refractivity contribution in [2.24, 2.45) is 0 Å². The van der Waals surface area contributed by atoms with Crippen molar-refractivity contribution in [3.8, 4) is 0 Å². The molecule has 1 aliphatic heterocycles. The molecule has 7 heteroatoms. The molecule has 0 aliphatic carbocycles. The molecule has 2 rings (SSSR count). The number of morpholine rings is 1. The third kappa shape index (κ3) is 4.55. The van der Waals surface area contributed by atoms with Gasteiger partial charge in [0, 0.05) is 12.1 Å². The van der Waals surface area contributed by atoms with E-state index in [-0.39, 0.29) is 31.4 Å². The summed E-state index contributed by atoms with van der Waals surface area (Å²) in [7, 11) is 0. The standard InChI is InChI=1S/C17H22N2O5/c1-11-3-4-13(7-12(11)2)17(23)18-9-15(20)19-5-6-24-10-14(19)8-16(21)22/h3-4,7,14H,5-6,8-10H2,1-2H3,(H,18,23)(H,21,22). The zero-order valence-corrected chi connectivity index (χ0v) is 13.9. The van der Waals surface area contributed by atoms with Gasteiger partial charge < -0.3 is 20.1 Å². The number of rotatable bonds is 5. The van der Waals surface area contributed by atoms with E-state index in [0.717, 1.165) is 11.1 Å². The van der Waals surface area contributed by atoms with Crippen LogP contribution in [-0.2, 0) is 14.3 Å². The third-order valence-electron chi connectivity index (χ3n) is 4.13. The SMILES string of the molecule is Cc1ccc(C(=O)NCC(=O)N2CCOCC2CC(=O)O)cc1C. The predicted molar refractivity (Wildman–Crippen MR) is 86.8 cm³/mol. The van der Waals surface area contributed by atoms with Crippen LogP contribution in [0.2, 0.25) is 0 Å². The number of nitrogens with zero attached hydrogens (tertiary/aromatic N) is 1. The molecule has 0 aromatic heterocycles. The average molecular weight is 334 g/mol. The van der Waals surface area contributed by atoms with Gasteiger partial charge in [-0.1, -0.05) is 6.07 Å². The Morgan fingerprint density at radius 1 is 1.29 bits per heavy atom. The first-order chi connectivity index (χ1) is 11.4. The van der Waals surface area contributed by atoms with Gasteiger partial charge in [0.1, 0.15) is 0 Å². The van der Waals surface area contributed by atoms with Crippen molar-refractivity contribution >= 4 is 17.8 Å². The van der Waals surface area contributed by atoms with Gasteiger partial charge in [0.05, 0.1) is 32.2 Å². The van der Waals surface area contributed by atoms with Crippen molar-refractivity contribution in [1.82, 2.24) is 10.2 Å². The first-order valence-electron chi connectivity index (χ1n) is 7.83. The highest BCUT2D eigenvalue weighted by Gasteiger charge is 2.29. The van der Waals surface area contributed by atoms with Gasteiger partial charge in [-0.2, -0.15) is 0 Å². The molecule has 1 saturated heterocycles. The molecule has 2 N–H and O–H groups in total. The number of hydrogen-bond donors (Lipinski definition) is 2. The van der Waals surface area contributed by atoms with Crippen molar-refractivity contribution < 1.29 is 24.2 Å². The second-order valence-electron chi connectivity index (χ2n) is 5.90. The fourth-order valence-electron chi connectivity index (χ4n) is 2.60. The Balaban J connectivity index is 1.94. The number of hydrogen-bond acceptors (Lipinski definition) is 4. The van der Waals surface area contributed by atoms with Crippen LogP contribution in [0.4, 0.5) is 0 Å². The molecule has 2 amide bonds.